The molecule has 4 rings (SSSR count). The van der Waals surface area contributed by atoms with Crippen LogP contribution in [0.3, 0.4) is 0 Å². The van der Waals surface area contributed by atoms with E-state index in [9.17, 15) is 18.0 Å². The van der Waals surface area contributed by atoms with E-state index in [0.717, 1.165) is 15.4 Å². The first-order chi connectivity index (χ1) is 24.1. The molecule has 0 aromatic heterocycles. The fourth-order valence-corrected chi connectivity index (χ4v) is 6.82. The van der Waals surface area contributed by atoms with E-state index in [1.54, 1.807) is 12.1 Å². The normalized spacial score (nSPS) is 12.3. The van der Waals surface area contributed by atoms with E-state index in [0.29, 0.717) is 17.9 Å². The van der Waals surface area contributed by atoms with Crippen molar-refractivity contribution in [3.63, 3.8) is 0 Å². The Bertz CT molecular complexity index is 1840. The average molecular weight is 704 g/mol. The highest BCUT2D eigenvalue weighted by Gasteiger charge is 2.36. The second kappa shape index (κ2) is 17.4. The Hall–Kier alpha value is -5.23. The van der Waals surface area contributed by atoms with Crippen molar-refractivity contribution in [2.24, 2.45) is 0 Å². The van der Waals surface area contributed by atoms with Crippen LogP contribution in [0.4, 0.5) is 5.69 Å². The van der Waals surface area contributed by atoms with Crippen LogP contribution in [-0.4, -0.2) is 72.2 Å². The van der Waals surface area contributed by atoms with Crippen LogP contribution in [0.1, 0.15) is 31.4 Å². The first-order valence-electron chi connectivity index (χ1n) is 16.2. The summed E-state index contributed by atoms with van der Waals surface area (Å²) in [6.07, 6.45) is 0.885. The Morgan fingerprint density at radius 3 is 1.92 bits per heavy atom. The number of amides is 2. The number of carbonyl (C=O) groups is 2. The van der Waals surface area contributed by atoms with Gasteiger partial charge in [-0.15, -0.1) is 0 Å². The Labute approximate surface area is 294 Å². The number of hydrogen-bond donors (Lipinski definition) is 1. The van der Waals surface area contributed by atoms with Gasteiger partial charge in [-0.1, -0.05) is 67.6 Å². The zero-order valence-corrected chi connectivity index (χ0v) is 30.1. The van der Waals surface area contributed by atoms with Crippen LogP contribution in [0.5, 0.6) is 23.0 Å². The highest BCUT2D eigenvalue weighted by molar-refractivity contribution is 7.92. The van der Waals surface area contributed by atoms with Crippen molar-refractivity contribution >= 4 is 27.5 Å². The SMILES string of the molecule is CC[C@H](C)NC(=O)[C@@H](Cc1ccccc1)N(Cc1ccccc1)C(=O)CN(c1cc(OC)ccc1OC)S(=O)(=O)c1ccc(OC)c(OC)c1. The van der Waals surface area contributed by atoms with Crippen LogP contribution >= 0.6 is 0 Å². The number of carbonyl (C=O) groups excluding carboxylic acids is 2. The van der Waals surface area contributed by atoms with Crippen LogP contribution < -0.4 is 28.6 Å². The molecule has 266 valence electrons. The minimum atomic E-state index is -4.48. The van der Waals surface area contributed by atoms with Crippen molar-refractivity contribution in [1.82, 2.24) is 10.2 Å². The van der Waals surface area contributed by atoms with Crippen LogP contribution in [0.25, 0.3) is 0 Å². The van der Waals surface area contributed by atoms with Gasteiger partial charge >= 0.3 is 0 Å². The smallest absolute Gasteiger partial charge is 0.265 e. The van der Waals surface area contributed by atoms with Gasteiger partial charge in [0.1, 0.15) is 24.1 Å². The number of anilines is 1. The highest BCUT2D eigenvalue weighted by Crippen LogP contribution is 2.38. The Balaban J connectivity index is 1.89. The first kappa shape index (κ1) is 37.6. The number of hydrogen-bond acceptors (Lipinski definition) is 8. The lowest BCUT2D eigenvalue weighted by Gasteiger charge is -2.34. The fraction of sp³-hybridized carbons (Fsp3) is 0.316. The summed E-state index contributed by atoms with van der Waals surface area (Å²) in [5.74, 6) is 0.0964. The van der Waals surface area contributed by atoms with E-state index in [4.69, 9.17) is 18.9 Å². The molecular weight excluding hydrogens is 658 g/mol. The van der Waals surface area contributed by atoms with Gasteiger partial charge in [0.25, 0.3) is 10.0 Å². The molecular formula is C38H45N3O8S. The summed E-state index contributed by atoms with van der Waals surface area (Å²) in [4.78, 5) is 30.1. The Morgan fingerprint density at radius 2 is 1.34 bits per heavy atom. The van der Waals surface area contributed by atoms with E-state index in [2.05, 4.69) is 5.32 Å². The monoisotopic (exact) mass is 703 g/mol. The van der Waals surface area contributed by atoms with E-state index in [1.165, 1.54) is 57.6 Å². The molecule has 0 heterocycles. The van der Waals surface area contributed by atoms with Crippen molar-refractivity contribution in [2.45, 2.75) is 50.2 Å². The Morgan fingerprint density at radius 1 is 0.740 bits per heavy atom. The lowest BCUT2D eigenvalue weighted by Crippen LogP contribution is -2.54. The Kier molecular flexibility index (Phi) is 13.1. The van der Waals surface area contributed by atoms with Gasteiger partial charge in [-0.05, 0) is 48.7 Å². The van der Waals surface area contributed by atoms with Crippen molar-refractivity contribution in [3.05, 3.63) is 108 Å². The molecule has 1 N–H and O–H groups in total. The molecule has 0 saturated heterocycles. The van der Waals surface area contributed by atoms with E-state index in [-0.39, 0.29) is 47.0 Å². The molecule has 50 heavy (non-hydrogen) atoms. The summed E-state index contributed by atoms with van der Waals surface area (Å²) in [5, 5.41) is 3.04. The topological polar surface area (TPSA) is 124 Å². The molecule has 0 aliphatic carbocycles. The molecule has 0 radical (unpaired) electrons. The minimum absolute atomic E-state index is 0.0462. The molecule has 4 aromatic rings. The van der Waals surface area contributed by atoms with Crippen molar-refractivity contribution in [3.8, 4) is 23.0 Å². The third-order valence-electron chi connectivity index (χ3n) is 8.34. The summed E-state index contributed by atoms with van der Waals surface area (Å²) >= 11 is 0. The van der Waals surface area contributed by atoms with Crippen molar-refractivity contribution in [2.75, 3.05) is 39.3 Å². The van der Waals surface area contributed by atoms with Crippen LogP contribution in [0, 0.1) is 0 Å². The lowest BCUT2D eigenvalue weighted by molar-refractivity contribution is -0.140. The highest BCUT2D eigenvalue weighted by atomic mass is 32.2. The first-order valence-corrected chi connectivity index (χ1v) is 17.6. The van der Waals surface area contributed by atoms with Gasteiger partial charge in [0, 0.05) is 31.1 Å². The summed E-state index contributed by atoms with van der Waals surface area (Å²) in [6.45, 7) is 3.23. The molecule has 2 amide bonds. The molecule has 12 heteroatoms. The van der Waals surface area contributed by atoms with Crippen LogP contribution in [-0.2, 0) is 32.6 Å². The molecule has 0 spiro atoms. The minimum Gasteiger partial charge on any atom is -0.497 e. The van der Waals surface area contributed by atoms with Gasteiger partial charge < -0.3 is 29.2 Å². The number of ether oxygens (including phenoxy) is 4. The van der Waals surface area contributed by atoms with E-state index < -0.39 is 28.5 Å². The second-order valence-electron chi connectivity index (χ2n) is 11.6. The number of benzene rings is 4. The maximum atomic E-state index is 14.8. The maximum absolute atomic E-state index is 14.8. The summed E-state index contributed by atoms with van der Waals surface area (Å²) in [7, 11) is 1.23. The number of nitrogens with zero attached hydrogens (tertiary/aromatic N) is 2. The van der Waals surface area contributed by atoms with Gasteiger partial charge in [-0.2, -0.15) is 0 Å². The zero-order chi connectivity index (χ0) is 36.3. The lowest BCUT2D eigenvalue weighted by atomic mass is 10.0. The molecule has 0 unspecified atom stereocenters. The zero-order valence-electron chi connectivity index (χ0n) is 29.3. The molecule has 0 aliphatic heterocycles. The predicted molar refractivity (Wildman–Crippen MR) is 192 cm³/mol. The predicted octanol–water partition coefficient (Wildman–Crippen LogP) is 5.47. The third kappa shape index (κ3) is 9.06. The van der Waals surface area contributed by atoms with Crippen LogP contribution in [0.2, 0.25) is 0 Å². The standard InChI is InChI=1S/C38H45N3O8S/c1-7-27(2)39-38(43)33(22-28-14-10-8-11-15-28)40(25-29-16-12-9-13-17-29)37(42)26-41(32-23-30(46-3)18-20-34(32)47-4)50(44,45)31-19-21-35(48-5)36(24-31)49-6/h8-21,23-24,27,33H,7,22,25-26H2,1-6H3,(H,39,43)/t27-,33+/m0/s1. The summed E-state index contributed by atoms with van der Waals surface area (Å²) in [5.41, 5.74) is 1.67. The van der Waals surface area contributed by atoms with Gasteiger partial charge in [0.05, 0.1) is 39.0 Å². The molecule has 2 atom stereocenters. The second-order valence-corrected chi connectivity index (χ2v) is 13.5. The van der Waals surface area contributed by atoms with Crippen molar-refractivity contribution in [1.29, 1.82) is 0 Å². The summed E-state index contributed by atoms with van der Waals surface area (Å²) < 4.78 is 52.1. The number of sulfonamides is 1. The molecule has 11 nitrogen and oxygen atoms in total. The van der Waals surface area contributed by atoms with E-state index in [1.807, 2.05) is 74.5 Å². The van der Waals surface area contributed by atoms with Crippen LogP contribution in [0.15, 0.2) is 102 Å². The summed E-state index contributed by atoms with van der Waals surface area (Å²) in [6, 6.07) is 26.4. The van der Waals surface area contributed by atoms with Gasteiger partial charge in [0.15, 0.2) is 11.5 Å². The molecule has 0 fully saturated rings. The fourth-order valence-electron chi connectivity index (χ4n) is 5.38. The third-order valence-corrected chi connectivity index (χ3v) is 10.1. The molecule has 0 aliphatic rings. The largest absolute Gasteiger partial charge is 0.497 e. The van der Waals surface area contributed by atoms with Gasteiger partial charge in [-0.25, -0.2) is 8.42 Å². The quantitative estimate of drug-likeness (QED) is 0.154. The maximum Gasteiger partial charge on any atom is 0.265 e. The van der Waals surface area contributed by atoms with Crippen molar-refractivity contribution < 1.29 is 37.0 Å². The van der Waals surface area contributed by atoms with E-state index >= 15 is 0 Å². The van der Waals surface area contributed by atoms with Gasteiger partial charge in [-0.3, -0.25) is 13.9 Å². The number of rotatable bonds is 17. The number of methoxy groups -OCH3 is 4. The molecule has 4 aromatic carbocycles. The number of nitrogens with one attached hydrogen (secondary N) is 1. The van der Waals surface area contributed by atoms with Gasteiger partial charge in [0.2, 0.25) is 11.8 Å². The average Bonchev–Trinajstić information content (AvgIpc) is 3.15. The molecule has 0 saturated carbocycles. The molecule has 0 bridgehead atoms.